The molecule has 0 radical (unpaired) electrons. The fraction of sp³-hybridized carbons (Fsp3) is 0.105. The van der Waals surface area contributed by atoms with Crippen LogP contribution in [0, 0.1) is 13.8 Å². The Morgan fingerprint density at radius 3 is 2.62 bits per heavy atom. The number of halogens is 1. The van der Waals surface area contributed by atoms with Gasteiger partial charge in [0.2, 0.25) is 0 Å². The molecule has 0 saturated carbocycles. The van der Waals surface area contributed by atoms with Crippen LogP contribution < -0.4 is 5.32 Å². The first-order valence-corrected chi connectivity index (χ1v) is 9.30. The number of benzene rings is 1. The molecule has 0 amide bonds. The summed E-state index contributed by atoms with van der Waals surface area (Å²) in [6, 6.07) is 16.6. The van der Waals surface area contributed by atoms with Crippen molar-refractivity contribution in [2.45, 2.75) is 13.8 Å². The predicted octanol–water partition coefficient (Wildman–Crippen LogP) is 6.19. The number of rotatable bonds is 3. The topological polar surface area (TPSA) is 29.3 Å². The van der Waals surface area contributed by atoms with E-state index >= 15 is 0 Å². The number of thiophene rings is 1. The van der Waals surface area contributed by atoms with Gasteiger partial charge in [-0.2, -0.15) is 0 Å². The van der Waals surface area contributed by atoms with Crippen molar-refractivity contribution in [1.82, 2.24) is 9.38 Å². The summed E-state index contributed by atoms with van der Waals surface area (Å²) in [5, 5.41) is 3.59. The highest BCUT2D eigenvalue weighted by Gasteiger charge is 2.16. The number of hydrogen-bond acceptors (Lipinski definition) is 3. The van der Waals surface area contributed by atoms with Crippen LogP contribution in [0.15, 0.2) is 59.2 Å². The Labute approximate surface area is 153 Å². The van der Waals surface area contributed by atoms with Crippen LogP contribution in [0.1, 0.15) is 10.4 Å². The minimum absolute atomic E-state index is 0.926. The molecule has 0 bridgehead atoms. The minimum atomic E-state index is 0.926. The number of fused-ring (bicyclic) bond motifs is 1. The lowest BCUT2D eigenvalue weighted by Gasteiger charge is -2.10. The first-order valence-electron chi connectivity index (χ1n) is 7.69. The van der Waals surface area contributed by atoms with Crippen LogP contribution in [0.2, 0.25) is 0 Å². The number of aryl methyl sites for hydroxylation is 2. The van der Waals surface area contributed by atoms with Crippen LogP contribution in [0.4, 0.5) is 11.5 Å². The van der Waals surface area contributed by atoms with E-state index in [-0.39, 0.29) is 0 Å². The quantitative estimate of drug-likeness (QED) is 0.446. The number of anilines is 2. The zero-order chi connectivity index (χ0) is 16.7. The fourth-order valence-electron chi connectivity index (χ4n) is 2.71. The van der Waals surface area contributed by atoms with Crippen LogP contribution in [0.5, 0.6) is 0 Å². The largest absolute Gasteiger partial charge is 0.339 e. The summed E-state index contributed by atoms with van der Waals surface area (Å²) < 4.78 is 3.12. The van der Waals surface area contributed by atoms with Gasteiger partial charge in [0.05, 0.1) is 4.88 Å². The van der Waals surface area contributed by atoms with Crippen molar-refractivity contribution in [3.8, 4) is 10.6 Å². The van der Waals surface area contributed by atoms with Gasteiger partial charge in [-0.1, -0.05) is 18.2 Å². The molecule has 0 saturated heterocycles. The SMILES string of the molecule is Cc1ccc(-c2nc3ccc(Br)cn3c2Nc2ccccc2C)s1. The van der Waals surface area contributed by atoms with E-state index in [4.69, 9.17) is 4.98 Å². The molecule has 0 spiro atoms. The molecule has 24 heavy (non-hydrogen) atoms. The Morgan fingerprint density at radius 2 is 1.88 bits per heavy atom. The molecule has 0 aliphatic carbocycles. The monoisotopic (exact) mass is 397 g/mol. The highest BCUT2D eigenvalue weighted by Crippen LogP contribution is 2.36. The maximum Gasteiger partial charge on any atom is 0.144 e. The van der Waals surface area contributed by atoms with E-state index in [1.807, 2.05) is 24.4 Å². The maximum atomic E-state index is 4.85. The molecule has 1 aromatic carbocycles. The van der Waals surface area contributed by atoms with Crippen molar-refractivity contribution >= 4 is 44.4 Å². The zero-order valence-electron chi connectivity index (χ0n) is 13.4. The molecule has 5 heteroatoms. The molecule has 4 aromatic rings. The normalized spacial score (nSPS) is 11.1. The summed E-state index contributed by atoms with van der Waals surface area (Å²) in [5.41, 5.74) is 4.20. The predicted molar refractivity (Wildman–Crippen MR) is 105 cm³/mol. The first kappa shape index (κ1) is 15.4. The Balaban J connectivity index is 1.93. The third-order valence-corrected chi connectivity index (χ3v) is 5.43. The molecule has 0 fully saturated rings. The molecule has 0 unspecified atom stereocenters. The maximum absolute atomic E-state index is 4.85. The third kappa shape index (κ3) is 2.74. The Bertz CT molecular complexity index is 1030. The number of nitrogens with zero attached hydrogens (tertiary/aromatic N) is 2. The smallest absolute Gasteiger partial charge is 0.144 e. The van der Waals surface area contributed by atoms with Crippen LogP contribution in [-0.2, 0) is 0 Å². The fourth-order valence-corrected chi connectivity index (χ4v) is 3.91. The standard InChI is InChI=1S/C19H16BrN3S/c1-12-5-3-4-6-15(12)21-19-18(16-9-7-13(2)24-16)22-17-10-8-14(20)11-23(17)19/h3-11,21H,1-2H3. The molecular weight excluding hydrogens is 382 g/mol. The van der Waals surface area contributed by atoms with Gasteiger partial charge in [0.15, 0.2) is 0 Å². The number of aromatic nitrogens is 2. The Morgan fingerprint density at radius 1 is 1.04 bits per heavy atom. The molecule has 1 N–H and O–H groups in total. The van der Waals surface area contributed by atoms with Crippen molar-refractivity contribution in [3.05, 3.63) is 69.6 Å². The number of para-hydroxylation sites is 1. The third-order valence-electron chi connectivity index (χ3n) is 3.95. The second-order valence-corrected chi connectivity index (χ2v) is 7.94. The van der Waals surface area contributed by atoms with Crippen LogP contribution in [0.25, 0.3) is 16.2 Å². The van der Waals surface area contributed by atoms with E-state index < -0.39 is 0 Å². The lowest BCUT2D eigenvalue weighted by molar-refractivity contribution is 1.17. The molecule has 0 aliphatic rings. The molecule has 0 atom stereocenters. The molecule has 3 heterocycles. The summed E-state index contributed by atoms with van der Waals surface area (Å²) >= 11 is 5.32. The second-order valence-electron chi connectivity index (χ2n) is 5.73. The molecular formula is C19H16BrN3S. The molecule has 4 rings (SSSR count). The van der Waals surface area contributed by atoms with E-state index in [0.29, 0.717) is 0 Å². The van der Waals surface area contributed by atoms with E-state index in [2.05, 4.69) is 69.8 Å². The van der Waals surface area contributed by atoms with Gasteiger partial charge in [0.25, 0.3) is 0 Å². The summed E-state index contributed by atoms with van der Waals surface area (Å²) in [7, 11) is 0. The Hall–Kier alpha value is -2.11. The van der Waals surface area contributed by atoms with Gasteiger partial charge in [0.1, 0.15) is 17.2 Å². The van der Waals surface area contributed by atoms with Crippen molar-refractivity contribution in [3.63, 3.8) is 0 Å². The highest BCUT2D eigenvalue weighted by molar-refractivity contribution is 9.10. The summed E-state index contributed by atoms with van der Waals surface area (Å²) in [6.45, 7) is 4.23. The van der Waals surface area contributed by atoms with Crippen molar-refractivity contribution in [1.29, 1.82) is 0 Å². The summed E-state index contributed by atoms with van der Waals surface area (Å²) in [6.07, 6.45) is 2.05. The van der Waals surface area contributed by atoms with Crippen LogP contribution in [-0.4, -0.2) is 9.38 Å². The first-order chi connectivity index (χ1) is 11.6. The second kappa shape index (κ2) is 6.07. The van der Waals surface area contributed by atoms with Gasteiger partial charge in [-0.25, -0.2) is 4.98 Å². The number of imidazole rings is 1. The van der Waals surface area contributed by atoms with Gasteiger partial charge < -0.3 is 5.32 Å². The molecule has 0 aliphatic heterocycles. The van der Waals surface area contributed by atoms with Gasteiger partial charge in [-0.15, -0.1) is 11.3 Å². The van der Waals surface area contributed by atoms with Gasteiger partial charge in [-0.3, -0.25) is 4.40 Å². The lowest BCUT2D eigenvalue weighted by atomic mass is 10.2. The number of hydrogen-bond donors (Lipinski definition) is 1. The summed E-state index contributed by atoms with van der Waals surface area (Å²) in [5.74, 6) is 0.988. The van der Waals surface area contributed by atoms with Gasteiger partial charge in [-0.05, 0) is 65.7 Å². The highest BCUT2D eigenvalue weighted by atomic mass is 79.9. The van der Waals surface area contributed by atoms with Crippen molar-refractivity contribution in [2.24, 2.45) is 0 Å². The average Bonchev–Trinajstić information content (AvgIpc) is 3.14. The van der Waals surface area contributed by atoms with E-state index in [1.165, 1.54) is 15.3 Å². The molecule has 120 valence electrons. The van der Waals surface area contributed by atoms with Crippen molar-refractivity contribution in [2.75, 3.05) is 5.32 Å². The van der Waals surface area contributed by atoms with E-state index in [1.54, 1.807) is 11.3 Å². The number of nitrogens with one attached hydrogen (secondary N) is 1. The van der Waals surface area contributed by atoms with Crippen LogP contribution in [0.3, 0.4) is 0 Å². The average molecular weight is 398 g/mol. The molecule has 3 nitrogen and oxygen atoms in total. The van der Waals surface area contributed by atoms with Gasteiger partial charge >= 0.3 is 0 Å². The van der Waals surface area contributed by atoms with E-state index in [9.17, 15) is 0 Å². The van der Waals surface area contributed by atoms with Crippen LogP contribution >= 0.6 is 27.3 Å². The number of pyridine rings is 1. The summed E-state index contributed by atoms with van der Waals surface area (Å²) in [4.78, 5) is 7.31. The zero-order valence-corrected chi connectivity index (χ0v) is 15.8. The van der Waals surface area contributed by atoms with E-state index in [0.717, 1.165) is 27.3 Å². The lowest BCUT2D eigenvalue weighted by Crippen LogP contribution is -1.98. The van der Waals surface area contributed by atoms with Gasteiger partial charge in [0, 0.05) is 21.2 Å². The van der Waals surface area contributed by atoms with Crippen molar-refractivity contribution < 1.29 is 0 Å². The molecule has 3 aromatic heterocycles. The minimum Gasteiger partial charge on any atom is -0.339 e. The Kier molecular flexibility index (Phi) is 3.90.